The van der Waals surface area contributed by atoms with Crippen molar-refractivity contribution in [2.75, 3.05) is 19.5 Å². The number of nitrogens with zero attached hydrogens (tertiary/aromatic N) is 1. The topological polar surface area (TPSA) is 62.8 Å². The Bertz CT molecular complexity index is 1070. The maximum Gasteiger partial charge on any atom is 0.255 e. The van der Waals surface area contributed by atoms with Crippen LogP contribution in [0.15, 0.2) is 53.7 Å². The first-order valence-electron chi connectivity index (χ1n) is 10.0. The fourth-order valence-corrected chi connectivity index (χ4v) is 4.46. The lowest BCUT2D eigenvalue weighted by molar-refractivity contribution is -0.113. The molecule has 8 heteroatoms. The van der Waals surface area contributed by atoms with Gasteiger partial charge in [0.2, 0.25) is 0 Å². The number of amides is 1. The molecule has 1 heterocycles. The van der Waals surface area contributed by atoms with Crippen LogP contribution in [0.1, 0.15) is 31.4 Å². The molecule has 1 unspecified atom stereocenters. The van der Waals surface area contributed by atoms with Gasteiger partial charge in [-0.3, -0.25) is 4.79 Å². The number of carbonyl (C=O) groups is 1. The van der Waals surface area contributed by atoms with Crippen molar-refractivity contribution in [1.29, 1.82) is 0 Å². The number of carbonyl (C=O) groups excluding carboxylic acids is 1. The Balaban J connectivity index is 1.75. The summed E-state index contributed by atoms with van der Waals surface area (Å²) in [5.74, 6) is 0.926. The van der Waals surface area contributed by atoms with E-state index in [1.54, 1.807) is 38.5 Å². The zero-order valence-corrected chi connectivity index (χ0v) is 19.1. The molecule has 2 aliphatic rings. The standard InChI is InChI=1S/C23H24ClN3O3S/c1-13-20(22(28)25-18-12-17(29-2)9-10-19(18)30-3)21(14-5-4-6-15(24)11-14)26-23(31)27(13)16-7-8-16/h4-6,9-12,16,21H,7-8H2,1-3H3,(H,25,28)(H,26,31). The summed E-state index contributed by atoms with van der Waals surface area (Å²) in [5.41, 5.74) is 2.83. The van der Waals surface area contributed by atoms with E-state index in [-0.39, 0.29) is 5.91 Å². The first-order valence-corrected chi connectivity index (χ1v) is 10.8. The van der Waals surface area contributed by atoms with Crippen LogP contribution in [0.2, 0.25) is 5.02 Å². The van der Waals surface area contributed by atoms with E-state index < -0.39 is 6.04 Å². The Kier molecular flexibility index (Phi) is 6.07. The van der Waals surface area contributed by atoms with Gasteiger partial charge in [0.1, 0.15) is 11.5 Å². The third-order valence-electron chi connectivity index (χ3n) is 5.52. The van der Waals surface area contributed by atoms with Gasteiger partial charge in [-0.25, -0.2) is 0 Å². The van der Waals surface area contributed by atoms with E-state index in [0.717, 1.165) is 24.1 Å². The van der Waals surface area contributed by atoms with Crippen LogP contribution < -0.4 is 20.1 Å². The molecular weight excluding hydrogens is 434 g/mol. The monoisotopic (exact) mass is 457 g/mol. The average molecular weight is 458 g/mol. The summed E-state index contributed by atoms with van der Waals surface area (Å²) >= 11 is 11.9. The Hall–Kier alpha value is -2.77. The van der Waals surface area contributed by atoms with Crippen LogP contribution in [0.3, 0.4) is 0 Å². The summed E-state index contributed by atoms with van der Waals surface area (Å²) in [6.07, 6.45) is 2.11. The fourth-order valence-electron chi connectivity index (χ4n) is 3.86. The summed E-state index contributed by atoms with van der Waals surface area (Å²) in [7, 11) is 3.14. The lowest BCUT2D eigenvalue weighted by atomic mass is 9.94. The minimum Gasteiger partial charge on any atom is -0.497 e. The molecule has 2 aromatic rings. The van der Waals surface area contributed by atoms with E-state index in [2.05, 4.69) is 10.6 Å². The van der Waals surface area contributed by atoms with Gasteiger partial charge in [-0.1, -0.05) is 23.7 Å². The zero-order valence-electron chi connectivity index (χ0n) is 17.6. The second-order valence-electron chi connectivity index (χ2n) is 7.56. The number of hydrogen-bond acceptors (Lipinski definition) is 4. The molecule has 1 aliphatic heterocycles. The van der Waals surface area contributed by atoms with Crippen LogP contribution in [-0.4, -0.2) is 36.2 Å². The number of benzene rings is 2. The Morgan fingerprint density at radius 2 is 1.97 bits per heavy atom. The average Bonchev–Trinajstić information content (AvgIpc) is 3.58. The van der Waals surface area contributed by atoms with Crippen LogP contribution in [0.5, 0.6) is 11.5 Å². The van der Waals surface area contributed by atoms with Gasteiger partial charge in [-0.2, -0.15) is 0 Å². The second-order valence-corrected chi connectivity index (χ2v) is 8.38. The van der Waals surface area contributed by atoms with E-state index in [4.69, 9.17) is 33.3 Å². The van der Waals surface area contributed by atoms with E-state index in [1.165, 1.54) is 0 Å². The Morgan fingerprint density at radius 3 is 2.61 bits per heavy atom. The van der Waals surface area contributed by atoms with Gasteiger partial charge in [0.25, 0.3) is 5.91 Å². The number of halogens is 1. The first kappa shape index (κ1) is 21.5. The molecule has 1 amide bonds. The van der Waals surface area contributed by atoms with Gasteiger partial charge in [-0.15, -0.1) is 0 Å². The smallest absolute Gasteiger partial charge is 0.255 e. The normalized spacial score (nSPS) is 18.5. The molecule has 0 saturated heterocycles. The van der Waals surface area contributed by atoms with Crippen LogP contribution in [0.25, 0.3) is 0 Å². The van der Waals surface area contributed by atoms with Crippen LogP contribution in [0.4, 0.5) is 5.69 Å². The molecule has 0 radical (unpaired) electrons. The third kappa shape index (κ3) is 4.34. The molecule has 0 bridgehead atoms. The molecule has 6 nitrogen and oxygen atoms in total. The van der Waals surface area contributed by atoms with E-state index in [1.807, 2.05) is 30.0 Å². The summed E-state index contributed by atoms with van der Waals surface area (Å²) in [4.78, 5) is 15.7. The van der Waals surface area contributed by atoms with E-state index in [0.29, 0.717) is 38.9 Å². The van der Waals surface area contributed by atoms with Crippen LogP contribution in [-0.2, 0) is 4.79 Å². The summed E-state index contributed by atoms with van der Waals surface area (Å²) in [5, 5.41) is 7.58. The molecule has 1 saturated carbocycles. The number of rotatable bonds is 6. The van der Waals surface area contributed by atoms with Crippen LogP contribution in [0, 0.1) is 0 Å². The second kappa shape index (κ2) is 8.77. The number of thiocarbonyl (C=S) groups is 1. The van der Waals surface area contributed by atoms with E-state index >= 15 is 0 Å². The van der Waals surface area contributed by atoms with Gasteiger partial charge in [0, 0.05) is 22.8 Å². The molecule has 0 spiro atoms. The predicted molar refractivity (Wildman–Crippen MR) is 126 cm³/mol. The molecule has 1 atom stereocenters. The number of anilines is 1. The van der Waals surface area contributed by atoms with Gasteiger partial charge < -0.3 is 25.0 Å². The number of nitrogens with one attached hydrogen (secondary N) is 2. The Labute approximate surface area is 192 Å². The van der Waals surface area contributed by atoms with Crippen molar-refractivity contribution in [2.45, 2.75) is 31.8 Å². The van der Waals surface area contributed by atoms with Gasteiger partial charge in [0.15, 0.2) is 5.11 Å². The molecule has 1 aliphatic carbocycles. The maximum atomic E-state index is 13.6. The summed E-state index contributed by atoms with van der Waals surface area (Å²) < 4.78 is 10.7. The van der Waals surface area contributed by atoms with Crippen molar-refractivity contribution in [3.05, 3.63) is 64.3 Å². The lowest BCUT2D eigenvalue weighted by Crippen LogP contribution is -2.49. The SMILES string of the molecule is COc1ccc(OC)c(NC(=O)C2=C(C)N(C3CC3)C(=S)NC2c2cccc(Cl)c2)c1. The number of methoxy groups -OCH3 is 2. The zero-order chi connectivity index (χ0) is 22.1. The summed E-state index contributed by atoms with van der Waals surface area (Å²) in [6.45, 7) is 1.95. The molecule has 0 aromatic heterocycles. The van der Waals surface area contributed by atoms with Crippen molar-refractivity contribution in [1.82, 2.24) is 10.2 Å². The van der Waals surface area contributed by atoms with Crippen molar-refractivity contribution in [3.8, 4) is 11.5 Å². The van der Waals surface area contributed by atoms with Crippen molar-refractivity contribution in [2.24, 2.45) is 0 Å². The van der Waals surface area contributed by atoms with Crippen LogP contribution >= 0.6 is 23.8 Å². The fraction of sp³-hybridized carbons (Fsp3) is 0.304. The Morgan fingerprint density at radius 1 is 1.19 bits per heavy atom. The highest BCUT2D eigenvalue weighted by molar-refractivity contribution is 7.80. The van der Waals surface area contributed by atoms with Gasteiger partial charge in [-0.05, 0) is 61.8 Å². The molecular formula is C23H24ClN3O3S. The number of ether oxygens (including phenoxy) is 2. The first-order chi connectivity index (χ1) is 14.9. The number of allylic oxidation sites excluding steroid dienone is 1. The minimum absolute atomic E-state index is 0.241. The molecule has 2 aromatic carbocycles. The number of hydrogen-bond donors (Lipinski definition) is 2. The highest BCUT2D eigenvalue weighted by Crippen LogP contribution is 2.39. The van der Waals surface area contributed by atoms with Crippen molar-refractivity contribution < 1.29 is 14.3 Å². The molecule has 2 N–H and O–H groups in total. The predicted octanol–water partition coefficient (Wildman–Crippen LogP) is 4.66. The molecule has 1 fully saturated rings. The maximum absolute atomic E-state index is 13.6. The largest absolute Gasteiger partial charge is 0.497 e. The van der Waals surface area contributed by atoms with Crippen molar-refractivity contribution in [3.63, 3.8) is 0 Å². The minimum atomic E-state index is -0.419. The highest BCUT2D eigenvalue weighted by Gasteiger charge is 2.40. The van der Waals surface area contributed by atoms with Gasteiger partial charge >= 0.3 is 0 Å². The highest BCUT2D eigenvalue weighted by atomic mass is 35.5. The van der Waals surface area contributed by atoms with Gasteiger partial charge in [0.05, 0.1) is 31.5 Å². The molecule has 4 rings (SSSR count). The quantitative estimate of drug-likeness (QED) is 0.615. The molecule has 31 heavy (non-hydrogen) atoms. The summed E-state index contributed by atoms with van der Waals surface area (Å²) in [6, 6.07) is 12.6. The van der Waals surface area contributed by atoms with E-state index in [9.17, 15) is 4.79 Å². The third-order valence-corrected chi connectivity index (χ3v) is 6.07. The van der Waals surface area contributed by atoms with Crippen molar-refractivity contribution >= 4 is 40.5 Å². The lowest BCUT2D eigenvalue weighted by Gasteiger charge is -2.38. The molecule has 162 valence electrons.